The Hall–Kier alpha value is -5.04. The van der Waals surface area contributed by atoms with Gasteiger partial charge in [-0.05, 0) is 36.8 Å². The zero-order valence-electron chi connectivity index (χ0n) is 30.0. The lowest BCUT2D eigenvalue weighted by Gasteiger charge is -2.39. The largest absolute Gasteiger partial charge is 0.482 e. The maximum atomic E-state index is 13.0. The molecule has 0 radical (unpaired) electrons. The van der Waals surface area contributed by atoms with Crippen molar-refractivity contribution in [2.75, 3.05) is 48.3 Å². The lowest BCUT2D eigenvalue weighted by atomic mass is 10.2. The Bertz CT molecular complexity index is 1950. The summed E-state index contributed by atoms with van der Waals surface area (Å²) in [6, 6.07) is 22.2. The summed E-state index contributed by atoms with van der Waals surface area (Å²) in [6.07, 6.45) is 12.2. The predicted octanol–water partition coefficient (Wildman–Crippen LogP) is 5.37. The summed E-state index contributed by atoms with van der Waals surface area (Å²) in [4.78, 5) is 52.2. The van der Waals surface area contributed by atoms with E-state index in [0.29, 0.717) is 19.0 Å². The average Bonchev–Trinajstić information content (AvgIpc) is 3.29. The molecule has 1 fully saturated rings. The lowest BCUT2D eigenvalue weighted by Crippen LogP contribution is -2.54. The van der Waals surface area contributed by atoms with Gasteiger partial charge >= 0.3 is 0 Å². The van der Waals surface area contributed by atoms with Gasteiger partial charge in [-0.3, -0.25) is 38.5 Å². The summed E-state index contributed by atoms with van der Waals surface area (Å²) in [5, 5.41) is 8.02. The van der Waals surface area contributed by atoms with Gasteiger partial charge < -0.3 is 19.7 Å². The van der Waals surface area contributed by atoms with Gasteiger partial charge in [-0.25, -0.2) is 0 Å². The van der Waals surface area contributed by atoms with Crippen LogP contribution in [0, 0.1) is 0 Å². The van der Waals surface area contributed by atoms with Gasteiger partial charge in [0, 0.05) is 49.5 Å². The minimum Gasteiger partial charge on any atom is -0.482 e. The van der Waals surface area contributed by atoms with Crippen molar-refractivity contribution < 1.29 is 19.1 Å². The summed E-state index contributed by atoms with van der Waals surface area (Å²) in [5.41, 5.74) is 1.99. The fraction of sp³-hybridized carbons (Fsp3) is 0.400. The molecular formula is C40H47BrN6O6. The number of ether oxygens (including phenoxy) is 2. The van der Waals surface area contributed by atoms with Gasteiger partial charge in [0.15, 0.2) is 22.9 Å². The number of amides is 2. The minimum atomic E-state index is -0.286. The van der Waals surface area contributed by atoms with Crippen LogP contribution in [-0.2, 0) is 13.2 Å². The molecule has 0 atom stereocenters. The topological polar surface area (TPSA) is 118 Å². The van der Waals surface area contributed by atoms with Gasteiger partial charge in [-0.1, -0.05) is 102 Å². The average molecular weight is 788 g/mol. The quantitative estimate of drug-likeness (QED) is 0.151. The van der Waals surface area contributed by atoms with E-state index < -0.39 is 0 Å². The number of nitrogens with zero attached hydrogens (tertiary/aromatic N) is 5. The molecule has 0 saturated carbocycles. The molecule has 1 saturated heterocycles. The summed E-state index contributed by atoms with van der Waals surface area (Å²) >= 11 is 3.45. The number of hydrogen-bond donors (Lipinski definition) is 1. The van der Waals surface area contributed by atoms with E-state index in [1.165, 1.54) is 18.6 Å². The molecule has 5 heterocycles. The standard InChI is InChI=1S/C20H24BrN3O3.C20H23N3O3/c21-11-6-1-2-7-12-23-15-22-20(26)18-19(17(25)10-13-24(18)23)27-14-16-8-4-3-5-9-16;24-17-10-13-23-18(19(17)26-14-16-8-4-3-5-9-16)20(25)21-11-6-1-2-7-12-22(23)15-21/h3-5,8-10,13H,1-2,6-7,11-12,14-15H2,(H,22,26);3-5,8-10,13H,1-2,6-7,11-12,14-15H2. The first-order chi connectivity index (χ1) is 25.9. The van der Waals surface area contributed by atoms with Crippen LogP contribution in [0.1, 0.15) is 83.5 Å². The third-order valence-corrected chi connectivity index (χ3v) is 10.0. The van der Waals surface area contributed by atoms with Crippen molar-refractivity contribution in [3.8, 4) is 11.5 Å². The van der Waals surface area contributed by atoms with Crippen molar-refractivity contribution in [3.63, 3.8) is 0 Å². The molecule has 12 nitrogen and oxygen atoms in total. The number of halogens is 1. The third-order valence-electron chi connectivity index (χ3n) is 9.49. The number of carbonyl (C=O) groups excluding carboxylic acids is 2. The molecule has 2 aromatic carbocycles. The number of alkyl halides is 1. The molecule has 53 heavy (non-hydrogen) atoms. The summed E-state index contributed by atoms with van der Waals surface area (Å²) in [5.74, 6) is -0.159. The van der Waals surface area contributed by atoms with E-state index in [9.17, 15) is 19.2 Å². The molecule has 2 amide bonds. The first-order valence-electron chi connectivity index (χ1n) is 18.4. The molecule has 2 aromatic heterocycles. The maximum absolute atomic E-state index is 13.0. The second kappa shape index (κ2) is 18.6. The molecule has 0 spiro atoms. The number of hydrogen-bond acceptors (Lipinski definition) is 8. The van der Waals surface area contributed by atoms with Crippen LogP contribution in [0.25, 0.3) is 0 Å². The first kappa shape index (κ1) is 37.7. The van der Waals surface area contributed by atoms with Gasteiger partial charge in [-0.2, -0.15) is 0 Å². The Kier molecular flexibility index (Phi) is 13.3. The van der Waals surface area contributed by atoms with Crippen LogP contribution >= 0.6 is 15.9 Å². The molecule has 1 N–H and O–H groups in total. The number of rotatable bonds is 12. The Morgan fingerprint density at radius 3 is 1.87 bits per heavy atom. The van der Waals surface area contributed by atoms with Crippen molar-refractivity contribution in [2.24, 2.45) is 0 Å². The SMILES string of the molecule is O=C1NCN(CCCCCCBr)n2ccc(=O)c(OCc3ccccc3)c21.O=C1c2c(OCc3ccccc3)c(=O)ccn2N2CCCCCCN1C2. The molecule has 0 unspecified atom stereocenters. The van der Waals surface area contributed by atoms with Crippen LogP contribution < -0.4 is 35.7 Å². The highest BCUT2D eigenvalue weighted by atomic mass is 79.9. The van der Waals surface area contributed by atoms with E-state index in [4.69, 9.17) is 9.47 Å². The Balaban J connectivity index is 0.000000181. The number of unbranched alkanes of at least 4 members (excludes halogenated alkanes) is 3. The highest BCUT2D eigenvalue weighted by Crippen LogP contribution is 2.24. The van der Waals surface area contributed by atoms with E-state index >= 15 is 0 Å². The molecule has 2 bridgehead atoms. The second-order valence-electron chi connectivity index (χ2n) is 13.3. The van der Waals surface area contributed by atoms with Crippen molar-refractivity contribution in [1.82, 2.24) is 19.6 Å². The molecule has 3 aliphatic heterocycles. The Labute approximate surface area is 318 Å². The third kappa shape index (κ3) is 9.50. The molecular weight excluding hydrogens is 740 g/mol. The molecule has 280 valence electrons. The highest BCUT2D eigenvalue weighted by molar-refractivity contribution is 9.09. The van der Waals surface area contributed by atoms with Gasteiger partial charge in [0.25, 0.3) is 11.8 Å². The van der Waals surface area contributed by atoms with Gasteiger partial charge in [0.05, 0.1) is 0 Å². The van der Waals surface area contributed by atoms with Crippen LogP contribution in [0.4, 0.5) is 0 Å². The number of fused-ring (bicyclic) bond motifs is 5. The summed E-state index contributed by atoms with van der Waals surface area (Å²) < 4.78 is 15.2. The van der Waals surface area contributed by atoms with Crippen LogP contribution in [0.2, 0.25) is 0 Å². The van der Waals surface area contributed by atoms with E-state index in [0.717, 1.165) is 81.0 Å². The fourth-order valence-electron chi connectivity index (χ4n) is 6.66. The van der Waals surface area contributed by atoms with Crippen LogP contribution in [0.5, 0.6) is 11.5 Å². The molecule has 3 aliphatic rings. The Morgan fingerprint density at radius 2 is 1.23 bits per heavy atom. The number of pyridine rings is 2. The van der Waals surface area contributed by atoms with Gasteiger partial charge in [0.1, 0.15) is 26.6 Å². The highest BCUT2D eigenvalue weighted by Gasteiger charge is 2.33. The first-order valence-corrected chi connectivity index (χ1v) is 19.6. The number of carbonyl (C=O) groups is 2. The number of benzene rings is 2. The zero-order valence-corrected chi connectivity index (χ0v) is 31.5. The predicted molar refractivity (Wildman–Crippen MR) is 208 cm³/mol. The van der Waals surface area contributed by atoms with Gasteiger partial charge in [0.2, 0.25) is 10.9 Å². The van der Waals surface area contributed by atoms with Crippen LogP contribution in [-0.4, -0.2) is 64.4 Å². The smallest absolute Gasteiger partial charge is 0.277 e. The van der Waals surface area contributed by atoms with Crippen molar-refractivity contribution in [1.29, 1.82) is 0 Å². The monoisotopic (exact) mass is 786 g/mol. The summed E-state index contributed by atoms with van der Waals surface area (Å²) in [7, 11) is 0. The molecule has 4 aromatic rings. The van der Waals surface area contributed by atoms with Crippen molar-refractivity contribution >= 4 is 27.7 Å². The normalized spacial score (nSPS) is 15.2. The van der Waals surface area contributed by atoms with E-state index in [2.05, 4.69) is 26.3 Å². The minimum absolute atomic E-state index is 0.0999. The van der Waals surface area contributed by atoms with Crippen molar-refractivity contribution in [3.05, 3.63) is 128 Å². The molecule has 13 heteroatoms. The maximum Gasteiger partial charge on any atom is 0.277 e. The Morgan fingerprint density at radius 1 is 0.642 bits per heavy atom. The summed E-state index contributed by atoms with van der Waals surface area (Å²) in [6.45, 7) is 3.87. The number of aromatic nitrogens is 2. The fourth-order valence-corrected chi connectivity index (χ4v) is 7.06. The van der Waals surface area contributed by atoms with E-state index in [1.54, 1.807) is 17.1 Å². The molecule has 7 rings (SSSR count). The molecule has 0 aliphatic carbocycles. The zero-order chi connectivity index (χ0) is 37.0. The van der Waals surface area contributed by atoms with E-state index in [1.807, 2.05) is 75.2 Å². The van der Waals surface area contributed by atoms with Crippen LogP contribution in [0.15, 0.2) is 94.8 Å². The van der Waals surface area contributed by atoms with Crippen molar-refractivity contribution in [2.45, 2.75) is 64.6 Å². The van der Waals surface area contributed by atoms with Crippen LogP contribution in [0.3, 0.4) is 0 Å². The number of nitrogens with one attached hydrogen (secondary N) is 1. The lowest BCUT2D eigenvalue weighted by molar-refractivity contribution is 0.0685. The second-order valence-corrected chi connectivity index (χ2v) is 14.1. The van der Waals surface area contributed by atoms with E-state index in [-0.39, 0.29) is 53.1 Å². The van der Waals surface area contributed by atoms with Gasteiger partial charge in [-0.15, -0.1) is 0 Å².